The normalized spacial score (nSPS) is 13.1. The average Bonchev–Trinajstić information content (AvgIpc) is 1.82. The Morgan fingerprint density at radius 1 is 1.80 bits per heavy atom. The van der Waals surface area contributed by atoms with Gasteiger partial charge < -0.3 is 9.73 Å². The van der Waals surface area contributed by atoms with Crippen LogP contribution in [0.15, 0.2) is 5.16 Å². The van der Waals surface area contributed by atoms with Gasteiger partial charge in [0.2, 0.25) is 0 Å². The molecule has 0 saturated heterocycles. The van der Waals surface area contributed by atoms with Crippen LogP contribution in [0.4, 0.5) is 0 Å². The van der Waals surface area contributed by atoms with Crippen molar-refractivity contribution in [3.8, 4) is 0 Å². The monoisotopic (exact) mass is 163 g/mol. The first-order chi connectivity index (χ1) is 4.66. The Morgan fingerprint density at radius 2 is 2.40 bits per heavy atom. The largest absolute Gasteiger partial charge is 0.595 e. The molecule has 0 aliphatic heterocycles. The molecule has 0 aromatic rings. The van der Waals surface area contributed by atoms with Gasteiger partial charge in [0.05, 0.1) is 0 Å². The molecule has 10 heavy (non-hydrogen) atoms. The molecule has 0 aliphatic carbocycles. The first kappa shape index (κ1) is 9.53. The highest BCUT2D eigenvalue weighted by molar-refractivity contribution is 7.37. The van der Waals surface area contributed by atoms with Crippen molar-refractivity contribution in [3.63, 3.8) is 0 Å². The predicted octanol–water partition coefficient (Wildman–Crippen LogP) is 0.501. The zero-order chi connectivity index (χ0) is 7.98. The van der Waals surface area contributed by atoms with Gasteiger partial charge in [-0.3, -0.25) is 0 Å². The second-order valence-corrected chi connectivity index (χ2v) is 2.72. The number of oxime groups is 1. The number of hydrogen-bond acceptors (Lipinski definition) is 4. The fourth-order valence-electron chi connectivity index (χ4n) is 0.390. The molecule has 5 heteroatoms. The summed E-state index contributed by atoms with van der Waals surface area (Å²) in [7, 11) is -2.37. The van der Waals surface area contributed by atoms with Crippen molar-refractivity contribution in [1.29, 1.82) is 0 Å². The summed E-state index contributed by atoms with van der Waals surface area (Å²) in [5, 5.41) is 3.52. The Labute approximate surface area is 60.7 Å². The van der Waals surface area contributed by atoms with Crippen LogP contribution in [0, 0.1) is 0 Å². The van der Waals surface area contributed by atoms with E-state index in [1.807, 2.05) is 0 Å². The van der Waals surface area contributed by atoms with E-state index >= 15 is 0 Å². The van der Waals surface area contributed by atoms with E-state index in [9.17, 15) is 9.46 Å². The van der Waals surface area contributed by atoms with Crippen LogP contribution in [0.2, 0.25) is 0 Å². The highest BCUT2D eigenvalue weighted by atomic mass is 31.1. The zero-order valence-electron chi connectivity index (χ0n) is 6.03. The van der Waals surface area contributed by atoms with Crippen LogP contribution in [0.5, 0.6) is 0 Å². The lowest BCUT2D eigenvalue weighted by Gasteiger charge is -1.93. The van der Waals surface area contributed by atoms with E-state index in [-0.39, 0.29) is 6.16 Å². The Morgan fingerprint density at radius 3 is 2.80 bits per heavy atom. The van der Waals surface area contributed by atoms with Crippen molar-refractivity contribution in [3.05, 3.63) is 0 Å². The molecule has 0 aromatic heterocycles. The second-order valence-electron chi connectivity index (χ2n) is 1.74. The smallest absolute Gasteiger partial charge is 0.315 e. The fraction of sp³-hybridized carbons (Fsp3) is 0.800. The van der Waals surface area contributed by atoms with Crippen LogP contribution in [0.1, 0.15) is 13.8 Å². The molecule has 1 atom stereocenters. The average molecular weight is 163 g/mol. The summed E-state index contributed by atoms with van der Waals surface area (Å²) in [6.45, 7) is 3.86. The lowest BCUT2D eigenvalue weighted by Crippen LogP contribution is -2.01. The lowest BCUT2D eigenvalue weighted by atomic mass is 10.5. The number of nitrogens with zero attached hydrogens (tertiary/aromatic N) is 1. The summed E-state index contributed by atoms with van der Waals surface area (Å²) in [4.78, 5) is 14.7. The Bertz CT molecular complexity index is 146. The maximum absolute atomic E-state index is 10.1. The van der Waals surface area contributed by atoms with Gasteiger partial charge in [-0.25, -0.2) is 0 Å². The molecular formula is C5H10NO3P. The summed E-state index contributed by atoms with van der Waals surface area (Å²) < 4.78 is 10.1. The molecule has 1 unspecified atom stereocenters. The third-order valence-electron chi connectivity index (χ3n) is 0.707. The fourth-order valence-corrected chi connectivity index (χ4v) is 0.822. The molecule has 4 nitrogen and oxygen atoms in total. The molecule has 0 amide bonds. The van der Waals surface area contributed by atoms with E-state index < -0.39 is 8.03 Å². The van der Waals surface area contributed by atoms with E-state index in [0.717, 1.165) is 0 Å². The van der Waals surface area contributed by atoms with Gasteiger partial charge in [-0.15, -0.1) is 0 Å². The summed E-state index contributed by atoms with van der Waals surface area (Å²) in [6.07, 6.45) is -0.0185. The van der Waals surface area contributed by atoms with Crippen molar-refractivity contribution >= 4 is 13.7 Å². The van der Waals surface area contributed by atoms with E-state index in [1.54, 1.807) is 13.8 Å². The topological polar surface area (TPSA) is 61.7 Å². The van der Waals surface area contributed by atoms with Crippen LogP contribution in [-0.2, 0) is 9.40 Å². The predicted molar refractivity (Wildman–Crippen MR) is 37.2 cm³/mol. The van der Waals surface area contributed by atoms with Gasteiger partial charge in [0.1, 0.15) is 12.3 Å². The molecule has 0 aromatic carbocycles. The molecular weight excluding hydrogens is 153 g/mol. The maximum Gasteiger partial charge on any atom is 0.315 e. The van der Waals surface area contributed by atoms with E-state index in [0.29, 0.717) is 12.3 Å². The third kappa shape index (κ3) is 5.66. The van der Waals surface area contributed by atoms with Gasteiger partial charge in [-0.2, -0.15) is 0 Å². The van der Waals surface area contributed by atoms with Crippen LogP contribution in [-0.4, -0.2) is 18.5 Å². The van der Waals surface area contributed by atoms with E-state index in [2.05, 4.69) is 9.99 Å². The summed E-state index contributed by atoms with van der Waals surface area (Å²) in [6, 6.07) is 0. The summed E-state index contributed by atoms with van der Waals surface area (Å²) in [5.74, 6) is 0. The quantitative estimate of drug-likeness (QED) is 0.344. The minimum absolute atomic E-state index is 0.0185. The van der Waals surface area contributed by atoms with Crippen molar-refractivity contribution in [2.75, 3.05) is 12.8 Å². The molecule has 0 fully saturated rings. The maximum atomic E-state index is 10.1. The minimum Gasteiger partial charge on any atom is -0.595 e. The Hall–Kier alpha value is -0.470. The van der Waals surface area contributed by atoms with Gasteiger partial charge in [0, 0.05) is 0 Å². The SMILES string of the molecule is CCON=C(C)C[P+](=O)[O-]. The van der Waals surface area contributed by atoms with Gasteiger partial charge in [-0.1, -0.05) is 9.72 Å². The minimum atomic E-state index is -2.37. The van der Waals surface area contributed by atoms with Crippen LogP contribution in [0.25, 0.3) is 0 Å². The standard InChI is InChI=1S/C5H10NO3P/c1-3-9-6-5(2)4-10(7)8/h3-4H2,1-2H3. The molecule has 0 spiro atoms. The molecule has 0 saturated carbocycles. The van der Waals surface area contributed by atoms with Gasteiger partial charge in [-0.05, 0) is 13.8 Å². The van der Waals surface area contributed by atoms with Crippen LogP contribution < -0.4 is 4.89 Å². The van der Waals surface area contributed by atoms with Gasteiger partial charge in [0.15, 0.2) is 6.16 Å². The van der Waals surface area contributed by atoms with Crippen molar-refractivity contribution in [1.82, 2.24) is 0 Å². The molecule has 0 aliphatic rings. The second kappa shape index (κ2) is 5.33. The van der Waals surface area contributed by atoms with Crippen molar-refractivity contribution in [2.24, 2.45) is 5.16 Å². The molecule has 0 N–H and O–H groups in total. The summed E-state index contributed by atoms with van der Waals surface area (Å²) >= 11 is 0. The van der Waals surface area contributed by atoms with Crippen LogP contribution in [0.3, 0.4) is 0 Å². The van der Waals surface area contributed by atoms with Crippen LogP contribution >= 0.6 is 8.03 Å². The molecule has 0 radical (unpaired) electrons. The molecule has 58 valence electrons. The first-order valence-electron chi connectivity index (χ1n) is 2.94. The van der Waals surface area contributed by atoms with E-state index in [4.69, 9.17) is 0 Å². The lowest BCUT2D eigenvalue weighted by molar-refractivity contribution is -0.163. The Kier molecular flexibility index (Phi) is 5.08. The van der Waals surface area contributed by atoms with Crippen molar-refractivity contribution in [2.45, 2.75) is 13.8 Å². The Balaban J connectivity index is 3.59. The first-order valence-corrected chi connectivity index (χ1v) is 4.30. The number of rotatable bonds is 4. The zero-order valence-corrected chi connectivity index (χ0v) is 6.93. The molecule has 0 bridgehead atoms. The third-order valence-corrected chi connectivity index (χ3v) is 1.42. The highest BCUT2D eigenvalue weighted by Crippen LogP contribution is 2.05. The van der Waals surface area contributed by atoms with Gasteiger partial charge >= 0.3 is 8.03 Å². The summed E-state index contributed by atoms with van der Waals surface area (Å²) in [5.41, 5.74) is 0.484. The van der Waals surface area contributed by atoms with Crippen molar-refractivity contribution < 1.29 is 14.3 Å². The number of hydrogen-bond donors (Lipinski definition) is 0. The van der Waals surface area contributed by atoms with E-state index in [1.165, 1.54) is 0 Å². The molecule has 0 heterocycles. The molecule has 0 rings (SSSR count). The van der Waals surface area contributed by atoms with Gasteiger partial charge in [0.25, 0.3) is 0 Å². The highest BCUT2D eigenvalue weighted by Gasteiger charge is 2.02.